The van der Waals surface area contributed by atoms with Gasteiger partial charge in [0.25, 0.3) is 0 Å². The molecule has 0 rings (SSSR count). The first-order valence-corrected chi connectivity index (χ1v) is 15.5. The van der Waals surface area contributed by atoms with E-state index in [-0.39, 0.29) is 33.2 Å². The van der Waals surface area contributed by atoms with Crippen LogP contribution in [0.1, 0.15) is 125 Å². The number of hydrogen-bond donors (Lipinski definition) is 0. The molecule has 0 bridgehead atoms. The monoisotopic (exact) mass is 499 g/mol. The number of rotatable bonds is 3. The third-order valence-electron chi connectivity index (χ3n) is 5.03. The van der Waals surface area contributed by atoms with Crippen molar-refractivity contribution in [2.24, 2.45) is 0 Å². The fourth-order valence-corrected chi connectivity index (χ4v) is 19.3. The summed E-state index contributed by atoms with van der Waals surface area (Å²) in [7, 11) is 0. The van der Waals surface area contributed by atoms with Crippen LogP contribution in [0, 0.1) is 0 Å². The summed E-state index contributed by atoms with van der Waals surface area (Å²) in [6.07, 6.45) is 0. The quantitative estimate of drug-likeness (QED) is 0.430. The molecule has 168 valence electrons. The van der Waals surface area contributed by atoms with E-state index in [0.717, 1.165) is 0 Å². The van der Waals surface area contributed by atoms with Gasteiger partial charge in [0.1, 0.15) is 0 Å². The number of hydrogen-bond acceptors (Lipinski definition) is 3. The Kier molecular flexibility index (Phi) is 8.58. The standard InChI is InChI=1S/3C8H18N.In/c3*1-7(2,3)9-8(4,5)6;/h3*1-6H3;/q3*-1;+3. The van der Waals surface area contributed by atoms with E-state index in [2.05, 4.69) is 133 Å². The van der Waals surface area contributed by atoms with Crippen LogP contribution in [0.3, 0.4) is 0 Å². The fraction of sp³-hybridized carbons (Fsp3) is 1.00. The summed E-state index contributed by atoms with van der Waals surface area (Å²) in [6.45, 7) is 43.4. The van der Waals surface area contributed by atoms with Crippen LogP contribution in [0.2, 0.25) is 0 Å². The third-order valence-corrected chi connectivity index (χ3v) is 22.2. The first-order valence-electron chi connectivity index (χ1n) is 11.1. The normalized spacial score (nSPS) is 15.8. The Morgan fingerprint density at radius 3 is 0.464 bits per heavy atom. The van der Waals surface area contributed by atoms with Gasteiger partial charge in [-0.2, -0.15) is 0 Å². The Balaban J connectivity index is 7.30. The van der Waals surface area contributed by atoms with Gasteiger partial charge in [0, 0.05) is 0 Å². The van der Waals surface area contributed by atoms with Crippen LogP contribution < -0.4 is 0 Å². The molecule has 0 aliphatic rings. The average molecular weight is 500 g/mol. The van der Waals surface area contributed by atoms with Crippen molar-refractivity contribution in [2.75, 3.05) is 0 Å². The summed E-state index contributed by atoms with van der Waals surface area (Å²) in [6, 6.07) is 0. The van der Waals surface area contributed by atoms with Gasteiger partial charge < -0.3 is 0 Å². The van der Waals surface area contributed by atoms with Crippen molar-refractivity contribution in [3.05, 3.63) is 0 Å². The first-order chi connectivity index (χ1) is 11.7. The van der Waals surface area contributed by atoms with E-state index in [0.29, 0.717) is 0 Å². The van der Waals surface area contributed by atoms with Gasteiger partial charge in [-0.1, -0.05) is 0 Å². The second kappa shape index (κ2) is 8.36. The fourth-order valence-electron chi connectivity index (χ4n) is 5.44. The Hall–Kier alpha value is 0.750. The molecule has 0 radical (unpaired) electrons. The first kappa shape index (κ1) is 28.8. The molecule has 3 nitrogen and oxygen atoms in total. The van der Waals surface area contributed by atoms with Crippen LogP contribution in [-0.2, 0) is 0 Å². The molecule has 0 saturated carbocycles. The van der Waals surface area contributed by atoms with E-state index in [1.807, 2.05) is 0 Å². The molecule has 0 atom stereocenters. The van der Waals surface area contributed by atoms with E-state index < -0.39 is 22.3 Å². The molecule has 0 spiro atoms. The summed E-state index contributed by atoms with van der Waals surface area (Å²) in [5.74, 6) is 0. The van der Waals surface area contributed by atoms with Crippen molar-refractivity contribution < 1.29 is 0 Å². The van der Waals surface area contributed by atoms with Crippen LogP contribution >= 0.6 is 0 Å². The second-order valence-electron chi connectivity index (χ2n) is 14.5. The zero-order chi connectivity index (χ0) is 23.3. The molecule has 0 fully saturated rings. The maximum absolute atomic E-state index is 2.94. The molecule has 0 unspecified atom stereocenters. The molecular weight excluding hydrogens is 445 g/mol. The molecule has 0 heterocycles. The van der Waals surface area contributed by atoms with Gasteiger partial charge in [-0.15, -0.1) is 0 Å². The minimum absolute atomic E-state index is 0.0997. The van der Waals surface area contributed by atoms with Gasteiger partial charge >= 0.3 is 189 Å². The predicted molar refractivity (Wildman–Crippen MR) is 130 cm³/mol. The Bertz CT molecular complexity index is 381. The van der Waals surface area contributed by atoms with Crippen LogP contribution in [-0.4, -0.2) is 64.2 Å². The van der Waals surface area contributed by atoms with E-state index in [9.17, 15) is 0 Å². The summed E-state index contributed by atoms with van der Waals surface area (Å²) in [5, 5.41) is 0. The van der Waals surface area contributed by atoms with E-state index in [4.69, 9.17) is 0 Å². The van der Waals surface area contributed by atoms with Gasteiger partial charge in [-0.3, -0.25) is 0 Å². The average Bonchev–Trinajstić information content (AvgIpc) is 2.13. The van der Waals surface area contributed by atoms with E-state index >= 15 is 0 Å². The van der Waals surface area contributed by atoms with Crippen LogP contribution in [0.5, 0.6) is 0 Å². The summed E-state index contributed by atoms with van der Waals surface area (Å²) >= 11 is -2.84. The Morgan fingerprint density at radius 2 is 0.393 bits per heavy atom. The zero-order valence-electron chi connectivity index (χ0n) is 22.9. The van der Waals surface area contributed by atoms with Gasteiger partial charge in [0.15, 0.2) is 0 Å². The maximum atomic E-state index is 2.94. The molecule has 0 aromatic rings. The minimum atomic E-state index is -2.84. The van der Waals surface area contributed by atoms with Crippen molar-refractivity contribution in [1.82, 2.24) is 8.66 Å². The molecule has 28 heavy (non-hydrogen) atoms. The Labute approximate surface area is 188 Å². The van der Waals surface area contributed by atoms with Crippen molar-refractivity contribution in [3.8, 4) is 0 Å². The topological polar surface area (TPSA) is 9.72 Å². The van der Waals surface area contributed by atoms with Crippen molar-refractivity contribution in [3.63, 3.8) is 0 Å². The van der Waals surface area contributed by atoms with Gasteiger partial charge in [-0.25, -0.2) is 0 Å². The third kappa shape index (κ3) is 7.46. The molecule has 0 aliphatic heterocycles. The molecule has 0 aromatic heterocycles. The van der Waals surface area contributed by atoms with Crippen LogP contribution in [0.4, 0.5) is 0 Å². The molecule has 0 amide bonds. The van der Waals surface area contributed by atoms with Crippen molar-refractivity contribution >= 4 is 22.3 Å². The Morgan fingerprint density at radius 1 is 0.286 bits per heavy atom. The predicted octanol–water partition coefficient (Wildman–Crippen LogP) is 6.67. The van der Waals surface area contributed by atoms with Crippen molar-refractivity contribution in [1.29, 1.82) is 0 Å². The van der Waals surface area contributed by atoms with E-state index in [1.54, 1.807) is 0 Å². The molecule has 0 N–H and O–H groups in total. The zero-order valence-corrected chi connectivity index (χ0v) is 26.2. The van der Waals surface area contributed by atoms with E-state index in [1.165, 1.54) is 0 Å². The van der Waals surface area contributed by atoms with Crippen LogP contribution in [0.15, 0.2) is 0 Å². The molecule has 0 aromatic carbocycles. The summed E-state index contributed by atoms with van der Waals surface area (Å²) < 4.78 is 8.82. The summed E-state index contributed by atoms with van der Waals surface area (Å²) in [5.41, 5.74) is 0.598. The van der Waals surface area contributed by atoms with Gasteiger partial charge in [0.05, 0.1) is 0 Å². The second-order valence-corrected chi connectivity index (χ2v) is 20.9. The van der Waals surface area contributed by atoms with Crippen molar-refractivity contribution in [2.45, 2.75) is 158 Å². The SMILES string of the molecule is CC(C)(C)[N]([In]([N](C(C)(C)C)C(C)(C)C)[N](C(C)(C)C)C(C)(C)C)C(C)(C)C. The van der Waals surface area contributed by atoms with Gasteiger partial charge in [-0.05, 0) is 0 Å². The molecule has 0 saturated heterocycles. The molecular formula is C24H54InN3. The van der Waals surface area contributed by atoms with Gasteiger partial charge in [0.2, 0.25) is 0 Å². The number of nitrogens with zero attached hydrogens (tertiary/aromatic N) is 3. The summed E-state index contributed by atoms with van der Waals surface area (Å²) in [4.78, 5) is 0. The van der Waals surface area contributed by atoms with Crippen LogP contribution in [0.25, 0.3) is 0 Å². The molecule has 4 heteroatoms. The molecule has 0 aliphatic carbocycles.